The molecule has 2 rings (SSSR count). The van der Waals surface area contributed by atoms with E-state index in [9.17, 15) is 0 Å². The molecule has 0 unspecified atom stereocenters. The fraction of sp³-hybridized carbons (Fsp3) is 0.600. The summed E-state index contributed by atoms with van der Waals surface area (Å²) in [5.41, 5.74) is 1.41. The largest absolute Gasteiger partial charge is 0.313 e. The molecule has 1 heterocycles. The first-order chi connectivity index (χ1) is 6.84. The van der Waals surface area contributed by atoms with Gasteiger partial charge in [0.25, 0.3) is 0 Å². The fourth-order valence-corrected chi connectivity index (χ4v) is 2.74. The van der Waals surface area contributed by atoms with E-state index in [1.807, 2.05) is 11.3 Å². The highest BCUT2D eigenvalue weighted by Gasteiger charge is 2.19. The van der Waals surface area contributed by atoms with Gasteiger partial charge in [0.15, 0.2) is 0 Å². The minimum absolute atomic E-state index is 0.832. The Morgan fingerprint density at radius 3 is 2.93 bits per heavy atom. The lowest BCUT2D eigenvalue weighted by atomic mass is 10.3. The Morgan fingerprint density at radius 2 is 2.29 bits per heavy atom. The first kappa shape index (κ1) is 10.9. The van der Waals surface area contributed by atoms with E-state index in [1.54, 1.807) is 0 Å². The number of rotatable bonds is 6. The van der Waals surface area contributed by atoms with Gasteiger partial charge in [0.2, 0.25) is 0 Å². The Morgan fingerprint density at radius 1 is 1.43 bits per heavy atom. The molecule has 0 atom stereocenters. The van der Waals surface area contributed by atoms with Gasteiger partial charge in [-0.3, -0.25) is 0 Å². The average Bonchev–Trinajstić information content (AvgIpc) is 2.89. The summed E-state index contributed by atoms with van der Waals surface area (Å²) < 4.78 is 1.37. The Hall–Kier alpha value is 0.350. The third kappa shape index (κ3) is 3.84. The van der Waals surface area contributed by atoms with E-state index in [0.717, 1.165) is 25.7 Å². The number of hydrogen-bond acceptors (Lipinski definition) is 3. The lowest BCUT2D eigenvalue weighted by Gasteiger charge is -2.03. The van der Waals surface area contributed by atoms with Crippen LogP contribution in [0, 0.1) is 2.88 Å². The summed E-state index contributed by atoms with van der Waals surface area (Å²) in [5, 5.41) is 9.15. The molecular formula is C10H15IN2S. The van der Waals surface area contributed by atoms with Gasteiger partial charge in [-0.2, -0.15) is 0 Å². The summed E-state index contributed by atoms with van der Waals surface area (Å²) in [5.74, 6) is 0. The van der Waals surface area contributed by atoms with E-state index in [1.165, 1.54) is 21.3 Å². The molecule has 0 radical (unpaired) electrons. The molecule has 1 aromatic rings. The first-order valence-electron chi connectivity index (χ1n) is 5.01. The van der Waals surface area contributed by atoms with Gasteiger partial charge >= 0.3 is 0 Å². The zero-order chi connectivity index (χ0) is 9.80. The zero-order valence-corrected chi connectivity index (χ0v) is 11.0. The molecule has 0 spiro atoms. The van der Waals surface area contributed by atoms with Crippen molar-refractivity contribution in [2.45, 2.75) is 25.4 Å². The van der Waals surface area contributed by atoms with Gasteiger partial charge in [-0.25, -0.2) is 0 Å². The van der Waals surface area contributed by atoms with Crippen molar-refractivity contribution in [3.8, 4) is 0 Å². The monoisotopic (exact) mass is 322 g/mol. The summed E-state index contributed by atoms with van der Waals surface area (Å²) >= 11 is 4.18. The molecule has 0 saturated heterocycles. The van der Waals surface area contributed by atoms with Crippen molar-refractivity contribution in [1.82, 2.24) is 10.6 Å². The van der Waals surface area contributed by atoms with Gasteiger partial charge in [0.05, 0.1) is 2.88 Å². The molecule has 0 amide bonds. The minimum Gasteiger partial charge on any atom is -0.313 e. The third-order valence-corrected chi connectivity index (χ3v) is 4.10. The summed E-state index contributed by atoms with van der Waals surface area (Å²) in [7, 11) is 0. The van der Waals surface area contributed by atoms with Gasteiger partial charge in [-0.1, -0.05) is 0 Å². The molecule has 1 aromatic heterocycles. The molecule has 78 valence electrons. The third-order valence-electron chi connectivity index (χ3n) is 2.26. The molecule has 4 heteroatoms. The van der Waals surface area contributed by atoms with E-state index in [2.05, 4.69) is 44.7 Å². The van der Waals surface area contributed by atoms with E-state index in [0.29, 0.717) is 0 Å². The molecular weight excluding hydrogens is 307 g/mol. The molecule has 1 saturated carbocycles. The molecule has 2 nitrogen and oxygen atoms in total. The highest BCUT2D eigenvalue weighted by atomic mass is 127. The highest BCUT2D eigenvalue weighted by molar-refractivity contribution is 14.1. The normalized spacial score (nSPS) is 16.1. The molecule has 1 aliphatic carbocycles. The standard InChI is InChI=1S/C10H15IN2S/c11-10-5-8(7-14-10)6-12-3-4-13-9-1-2-9/h5,7,9,12-13H,1-4,6H2. The Bertz CT molecular complexity index is 283. The summed E-state index contributed by atoms with van der Waals surface area (Å²) in [6, 6.07) is 3.07. The van der Waals surface area contributed by atoms with Crippen LogP contribution in [0.25, 0.3) is 0 Å². The van der Waals surface area contributed by atoms with Crippen molar-refractivity contribution in [3.05, 3.63) is 19.9 Å². The predicted molar refractivity (Wildman–Crippen MR) is 69.8 cm³/mol. The quantitative estimate of drug-likeness (QED) is 0.620. The molecule has 0 bridgehead atoms. The van der Waals surface area contributed by atoms with Crippen molar-refractivity contribution in [1.29, 1.82) is 0 Å². The summed E-state index contributed by atoms with van der Waals surface area (Å²) in [6.07, 6.45) is 2.76. The second-order valence-electron chi connectivity index (χ2n) is 3.66. The van der Waals surface area contributed by atoms with Crippen LogP contribution in [0.5, 0.6) is 0 Å². The lowest BCUT2D eigenvalue weighted by Crippen LogP contribution is -2.28. The van der Waals surface area contributed by atoms with Crippen molar-refractivity contribution >= 4 is 33.9 Å². The van der Waals surface area contributed by atoms with Gasteiger partial charge < -0.3 is 10.6 Å². The van der Waals surface area contributed by atoms with Crippen molar-refractivity contribution in [3.63, 3.8) is 0 Å². The Labute approximate surface area is 103 Å². The smallest absolute Gasteiger partial charge is 0.0656 e. The van der Waals surface area contributed by atoms with Crippen LogP contribution in [0.15, 0.2) is 11.4 Å². The fourth-order valence-electron chi connectivity index (χ4n) is 1.32. The topological polar surface area (TPSA) is 24.1 Å². The average molecular weight is 322 g/mol. The van der Waals surface area contributed by atoms with Gasteiger partial charge in [-0.15, -0.1) is 11.3 Å². The van der Waals surface area contributed by atoms with Gasteiger partial charge in [-0.05, 0) is 52.4 Å². The van der Waals surface area contributed by atoms with Crippen LogP contribution in [-0.4, -0.2) is 19.1 Å². The number of nitrogens with one attached hydrogen (secondary N) is 2. The minimum atomic E-state index is 0.832. The maximum atomic E-state index is 3.49. The van der Waals surface area contributed by atoms with Crippen LogP contribution in [0.4, 0.5) is 0 Å². The molecule has 2 N–H and O–H groups in total. The molecule has 1 fully saturated rings. The maximum Gasteiger partial charge on any atom is 0.0656 e. The maximum absolute atomic E-state index is 3.49. The zero-order valence-electron chi connectivity index (χ0n) is 8.05. The van der Waals surface area contributed by atoms with Gasteiger partial charge in [0.1, 0.15) is 0 Å². The SMILES string of the molecule is Ic1cc(CNCCNC2CC2)cs1. The molecule has 1 aliphatic rings. The molecule has 0 aliphatic heterocycles. The summed E-state index contributed by atoms with van der Waals surface area (Å²) in [6.45, 7) is 3.18. The number of thiophene rings is 1. The van der Waals surface area contributed by atoms with Crippen LogP contribution in [0.2, 0.25) is 0 Å². The summed E-state index contributed by atoms with van der Waals surface area (Å²) in [4.78, 5) is 0. The van der Waals surface area contributed by atoms with Crippen LogP contribution in [0.1, 0.15) is 18.4 Å². The van der Waals surface area contributed by atoms with Crippen LogP contribution >= 0.6 is 33.9 Å². The van der Waals surface area contributed by atoms with E-state index >= 15 is 0 Å². The predicted octanol–water partition coefficient (Wildman–Crippen LogP) is 2.19. The highest BCUT2D eigenvalue weighted by Crippen LogP contribution is 2.18. The number of hydrogen-bond donors (Lipinski definition) is 2. The van der Waals surface area contributed by atoms with Crippen LogP contribution in [0.3, 0.4) is 0 Å². The van der Waals surface area contributed by atoms with E-state index in [4.69, 9.17) is 0 Å². The van der Waals surface area contributed by atoms with Crippen molar-refractivity contribution in [2.24, 2.45) is 0 Å². The lowest BCUT2D eigenvalue weighted by molar-refractivity contribution is 0.609. The second-order valence-corrected chi connectivity index (χ2v) is 6.47. The van der Waals surface area contributed by atoms with Gasteiger partial charge in [0, 0.05) is 25.7 Å². The molecule has 0 aromatic carbocycles. The Kier molecular flexibility index (Phi) is 4.22. The van der Waals surface area contributed by atoms with E-state index < -0.39 is 0 Å². The number of halogens is 1. The molecule has 14 heavy (non-hydrogen) atoms. The second kappa shape index (κ2) is 5.44. The van der Waals surface area contributed by atoms with Crippen molar-refractivity contribution < 1.29 is 0 Å². The van der Waals surface area contributed by atoms with Crippen LogP contribution < -0.4 is 10.6 Å². The van der Waals surface area contributed by atoms with E-state index in [-0.39, 0.29) is 0 Å². The van der Waals surface area contributed by atoms with Crippen molar-refractivity contribution in [2.75, 3.05) is 13.1 Å². The Balaban J connectivity index is 1.53. The first-order valence-corrected chi connectivity index (χ1v) is 6.97. The van der Waals surface area contributed by atoms with Crippen LogP contribution in [-0.2, 0) is 6.54 Å².